The Balaban J connectivity index is 1.50. The fourth-order valence-corrected chi connectivity index (χ4v) is 5.29. The largest absolute Gasteiger partial charge is 0.512 e. The number of hydrogen-bond acceptors (Lipinski definition) is 10. The Hall–Kier alpha value is -2.99. The number of amides is 1. The van der Waals surface area contributed by atoms with Gasteiger partial charge in [-0.2, -0.15) is 0 Å². The summed E-state index contributed by atoms with van der Waals surface area (Å²) in [5.74, 6) is -1.12. The Labute approximate surface area is 248 Å². The van der Waals surface area contributed by atoms with Gasteiger partial charge in [-0.3, -0.25) is 15.0 Å². The third-order valence-electron chi connectivity index (χ3n) is 8.18. The molecule has 0 radical (unpaired) electrons. The summed E-state index contributed by atoms with van der Waals surface area (Å²) in [6.45, 7) is 8.18. The second kappa shape index (κ2) is 15.0. The van der Waals surface area contributed by atoms with Gasteiger partial charge in [0.25, 0.3) is 0 Å². The molecule has 3 heterocycles. The van der Waals surface area contributed by atoms with E-state index in [9.17, 15) is 19.8 Å². The van der Waals surface area contributed by atoms with Crippen molar-refractivity contribution in [1.29, 1.82) is 5.41 Å². The van der Waals surface area contributed by atoms with Crippen LogP contribution in [0.15, 0.2) is 47.8 Å². The van der Waals surface area contributed by atoms with E-state index in [0.29, 0.717) is 19.4 Å². The number of nitrogens with one attached hydrogen (secondary N) is 2. The predicted molar refractivity (Wildman–Crippen MR) is 156 cm³/mol. The van der Waals surface area contributed by atoms with Crippen LogP contribution < -0.4 is 5.32 Å². The molecular weight excluding hydrogens is 544 g/mol. The minimum Gasteiger partial charge on any atom is -0.512 e. The van der Waals surface area contributed by atoms with E-state index >= 15 is 0 Å². The average molecular weight is 591 g/mol. The predicted octanol–water partition coefficient (Wildman–Crippen LogP) is 3.29. The maximum absolute atomic E-state index is 12.5. The summed E-state index contributed by atoms with van der Waals surface area (Å²) < 4.78 is 27.3. The Morgan fingerprint density at radius 2 is 1.90 bits per heavy atom. The highest BCUT2D eigenvalue weighted by molar-refractivity contribution is 5.88. The zero-order chi connectivity index (χ0) is 31.0. The molecule has 11 nitrogen and oxygen atoms in total. The molecule has 1 amide bonds. The molecule has 3 aliphatic heterocycles. The van der Waals surface area contributed by atoms with Crippen LogP contribution in [0.5, 0.6) is 0 Å². The fourth-order valence-electron chi connectivity index (χ4n) is 5.29. The minimum atomic E-state index is -0.810. The van der Waals surface area contributed by atoms with E-state index in [2.05, 4.69) is 18.3 Å². The number of esters is 1. The minimum absolute atomic E-state index is 0.0191. The van der Waals surface area contributed by atoms with Crippen molar-refractivity contribution < 1.29 is 43.5 Å². The zero-order valence-electron chi connectivity index (χ0n) is 25.4. The van der Waals surface area contributed by atoms with Crippen molar-refractivity contribution in [1.82, 2.24) is 5.32 Å². The third-order valence-corrected chi connectivity index (χ3v) is 8.18. The van der Waals surface area contributed by atoms with Gasteiger partial charge in [0, 0.05) is 18.4 Å². The number of carbonyl (C=O) groups is 2. The molecule has 3 saturated heterocycles. The molecule has 11 heteroatoms. The SMILES string of the molecule is COC(=N)/C=C(\O)C(C)/C=C\C(=O)N[C@@H]1C[C@H](C)[C@H](C/C=C(C)/C=C/[C@H]2O[C@H](CC(=O)OC)C[C@@]3(CO3)[C@@H]2O)O[C@@H]1C. The van der Waals surface area contributed by atoms with Gasteiger partial charge in [0.1, 0.15) is 23.6 Å². The van der Waals surface area contributed by atoms with E-state index in [1.165, 1.54) is 26.4 Å². The van der Waals surface area contributed by atoms with Gasteiger partial charge in [0.2, 0.25) is 11.8 Å². The summed E-state index contributed by atoms with van der Waals surface area (Å²) in [6, 6.07) is -0.153. The maximum atomic E-state index is 12.5. The van der Waals surface area contributed by atoms with Crippen LogP contribution in [0.1, 0.15) is 53.4 Å². The van der Waals surface area contributed by atoms with Crippen LogP contribution in [0.25, 0.3) is 0 Å². The van der Waals surface area contributed by atoms with Crippen molar-refractivity contribution in [2.24, 2.45) is 11.8 Å². The molecule has 3 fully saturated rings. The molecule has 0 aromatic heterocycles. The van der Waals surface area contributed by atoms with Crippen LogP contribution in [0.4, 0.5) is 0 Å². The molecule has 3 rings (SSSR count). The van der Waals surface area contributed by atoms with Gasteiger partial charge < -0.3 is 39.2 Å². The first-order chi connectivity index (χ1) is 19.9. The van der Waals surface area contributed by atoms with E-state index in [4.69, 9.17) is 29.1 Å². The summed E-state index contributed by atoms with van der Waals surface area (Å²) in [7, 11) is 2.69. The molecule has 0 aromatic carbocycles. The van der Waals surface area contributed by atoms with E-state index in [1.54, 1.807) is 13.0 Å². The lowest BCUT2D eigenvalue weighted by molar-refractivity contribution is -0.157. The second-order valence-corrected chi connectivity index (χ2v) is 11.5. The number of rotatable bonds is 11. The smallest absolute Gasteiger partial charge is 0.308 e. The Kier molecular flexibility index (Phi) is 11.9. The van der Waals surface area contributed by atoms with Crippen LogP contribution in [0, 0.1) is 17.2 Å². The van der Waals surface area contributed by atoms with E-state index < -0.39 is 23.7 Å². The van der Waals surface area contributed by atoms with Crippen LogP contribution in [-0.2, 0) is 33.3 Å². The van der Waals surface area contributed by atoms with Crippen LogP contribution >= 0.6 is 0 Å². The summed E-state index contributed by atoms with van der Waals surface area (Å²) in [4.78, 5) is 24.3. The molecule has 0 aliphatic carbocycles. The third kappa shape index (κ3) is 9.26. The number of allylic oxidation sites excluding steroid dienone is 3. The molecular formula is C31H46N2O9. The first kappa shape index (κ1) is 33.5. The van der Waals surface area contributed by atoms with Crippen LogP contribution in [0.2, 0.25) is 0 Å². The van der Waals surface area contributed by atoms with Crippen molar-refractivity contribution >= 4 is 17.8 Å². The van der Waals surface area contributed by atoms with E-state index in [0.717, 1.165) is 12.0 Å². The molecule has 0 bridgehead atoms. The number of hydrogen-bond donors (Lipinski definition) is 4. The second-order valence-electron chi connectivity index (χ2n) is 11.5. The number of aliphatic hydroxyl groups is 2. The summed E-state index contributed by atoms with van der Waals surface area (Å²) in [5, 5.41) is 31.3. The van der Waals surface area contributed by atoms with Crippen molar-refractivity contribution in [2.45, 2.75) is 95.5 Å². The first-order valence-electron chi connectivity index (χ1n) is 14.4. The fraction of sp³-hybridized carbons (Fsp3) is 0.645. The topological polar surface area (TPSA) is 160 Å². The van der Waals surface area contributed by atoms with Crippen LogP contribution in [0.3, 0.4) is 0 Å². The van der Waals surface area contributed by atoms with E-state index in [-0.39, 0.29) is 60.2 Å². The van der Waals surface area contributed by atoms with Gasteiger partial charge in [0.05, 0.1) is 51.6 Å². The number of methoxy groups -OCH3 is 2. The quantitative estimate of drug-likeness (QED) is 0.0539. The Morgan fingerprint density at radius 3 is 2.55 bits per heavy atom. The molecule has 1 unspecified atom stereocenters. The maximum Gasteiger partial charge on any atom is 0.308 e. The number of ether oxygens (including phenoxy) is 5. The summed E-state index contributed by atoms with van der Waals surface area (Å²) in [5.41, 5.74) is 0.335. The lowest BCUT2D eigenvalue weighted by Gasteiger charge is -2.39. The summed E-state index contributed by atoms with van der Waals surface area (Å²) in [6.07, 6.45) is 9.98. The number of aliphatic hydroxyl groups excluding tert-OH is 2. The van der Waals surface area contributed by atoms with Crippen molar-refractivity contribution in [3.8, 4) is 0 Å². The van der Waals surface area contributed by atoms with Gasteiger partial charge in [-0.15, -0.1) is 0 Å². The number of epoxide rings is 1. The highest BCUT2D eigenvalue weighted by atomic mass is 16.6. The highest BCUT2D eigenvalue weighted by Crippen LogP contribution is 2.43. The Morgan fingerprint density at radius 1 is 1.19 bits per heavy atom. The molecule has 9 atom stereocenters. The van der Waals surface area contributed by atoms with Crippen molar-refractivity contribution in [3.05, 3.63) is 47.8 Å². The van der Waals surface area contributed by atoms with Crippen LogP contribution in [-0.4, -0.2) is 91.0 Å². The zero-order valence-corrected chi connectivity index (χ0v) is 25.4. The number of carbonyl (C=O) groups excluding carboxylic acids is 2. The lowest BCUT2D eigenvalue weighted by Crippen LogP contribution is -2.50. The molecule has 4 N–H and O–H groups in total. The van der Waals surface area contributed by atoms with E-state index in [1.807, 2.05) is 26.0 Å². The lowest BCUT2D eigenvalue weighted by atomic mass is 9.87. The van der Waals surface area contributed by atoms with Crippen molar-refractivity contribution in [3.63, 3.8) is 0 Å². The molecule has 234 valence electrons. The standard InChI is InChI=1S/C31H46N2O9/c1-18(8-11-26-30(37)31(17-40-31)16-22(42-26)14-29(36)39-6)7-10-25-20(3)13-23(21(4)41-25)33-28(35)12-9-19(2)24(34)15-27(32)38-5/h7-9,11-12,15,19-23,25-26,30,32,34,37H,10,13-14,16-17H2,1-6H3,(H,33,35)/b11-8+,12-9-,18-7+,24-15-,32-27?/t19?,20-,21+,22+,23+,25-,26+,30+,31+/m0/s1. The van der Waals surface area contributed by atoms with Gasteiger partial charge >= 0.3 is 5.97 Å². The Bertz CT molecular complexity index is 1090. The molecule has 0 saturated carbocycles. The van der Waals surface area contributed by atoms with Gasteiger partial charge in [0.15, 0.2) is 0 Å². The molecule has 1 spiro atoms. The monoisotopic (exact) mass is 590 g/mol. The molecule has 42 heavy (non-hydrogen) atoms. The van der Waals surface area contributed by atoms with Gasteiger partial charge in [-0.25, -0.2) is 0 Å². The average Bonchev–Trinajstić information content (AvgIpc) is 3.73. The summed E-state index contributed by atoms with van der Waals surface area (Å²) >= 11 is 0. The van der Waals surface area contributed by atoms with Gasteiger partial charge in [-0.05, 0) is 38.7 Å². The molecule has 3 aliphatic rings. The highest BCUT2D eigenvalue weighted by Gasteiger charge is 2.58. The van der Waals surface area contributed by atoms with Gasteiger partial charge in [-0.1, -0.05) is 43.7 Å². The molecule has 0 aromatic rings. The normalized spacial score (nSPS) is 34.4. The first-order valence-corrected chi connectivity index (χ1v) is 14.4. The van der Waals surface area contributed by atoms with Crippen molar-refractivity contribution in [2.75, 3.05) is 20.8 Å².